The largest absolute Gasteiger partial charge is 0.378 e. The Morgan fingerprint density at radius 3 is 2.41 bits per heavy atom. The number of amides is 3. The van der Waals surface area contributed by atoms with Gasteiger partial charge >= 0.3 is 0 Å². The Bertz CT molecular complexity index is 937. The van der Waals surface area contributed by atoms with Gasteiger partial charge in [-0.3, -0.25) is 14.4 Å². The summed E-state index contributed by atoms with van der Waals surface area (Å²) in [6.45, 7) is 2.33. The Morgan fingerprint density at radius 2 is 1.72 bits per heavy atom. The number of anilines is 2. The molecule has 8 heteroatoms. The number of benzene rings is 2. The Labute approximate surface area is 188 Å². The molecule has 2 N–H and O–H groups in total. The van der Waals surface area contributed by atoms with Gasteiger partial charge < -0.3 is 25.2 Å². The Balaban J connectivity index is 1.47. The van der Waals surface area contributed by atoms with Gasteiger partial charge in [-0.15, -0.1) is 0 Å². The highest BCUT2D eigenvalue weighted by molar-refractivity contribution is 5.98. The standard InChI is InChI=1S/C24H30N4O4/c1-27(2)23(30)11-8-18-6-9-20(10-7-18)25-17-22(29)26-21-5-3-4-19(16-21)24(31)28-12-14-32-15-13-28/h3-7,9-10,16,25H,8,11-15,17H2,1-2H3,(H,26,29). The minimum absolute atomic E-state index is 0.0603. The maximum atomic E-state index is 12.6. The van der Waals surface area contributed by atoms with Crippen LogP contribution in [0.5, 0.6) is 0 Å². The number of nitrogens with zero attached hydrogens (tertiary/aromatic N) is 2. The lowest BCUT2D eigenvalue weighted by Gasteiger charge is -2.27. The molecule has 32 heavy (non-hydrogen) atoms. The summed E-state index contributed by atoms with van der Waals surface area (Å²) in [5.74, 6) is -0.170. The van der Waals surface area contributed by atoms with Crippen molar-refractivity contribution >= 4 is 29.1 Å². The highest BCUT2D eigenvalue weighted by atomic mass is 16.5. The van der Waals surface area contributed by atoms with Crippen molar-refractivity contribution in [2.24, 2.45) is 0 Å². The van der Waals surface area contributed by atoms with Crippen molar-refractivity contribution in [3.8, 4) is 0 Å². The zero-order valence-electron chi connectivity index (χ0n) is 18.6. The second kappa shape index (κ2) is 11.3. The number of nitrogens with one attached hydrogen (secondary N) is 2. The average molecular weight is 439 g/mol. The number of rotatable bonds is 8. The minimum Gasteiger partial charge on any atom is -0.378 e. The van der Waals surface area contributed by atoms with E-state index in [1.807, 2.05) is 24.3 Å². The van der Waals surface area contributed by atoms with E-state index in [1.165, 1.54) is 0 Å². The smallest absolute Gasteiger partial charge is 0.254 e. The summed E-state index contributed by atoms with van der Waals surface area (Å²) in [6, 6.07) is 14.6. The van der Waals surface area contributed by atoms with Crippen LogP contribution in [0.4, 0.5) is 11.4 Å². The molecule has 0 spiro atoms. The summed E-state index contributed by atoms with van der Waals surface area (Å²) >= 11 is 0. The Hall–Kier alpha value is -3.39. The summed E-state index contributed by atoms with van der Waals surface area (Å²) in [6.07, 6.45) is 1.15. The molecule has 170 valence electrons. The maximum Gasteiger partial charge on any atom is 0.254 e. The van der Waals surface area contributed by atoms with Crippen LogP contribution in [-0.4, -0.2) is 74.5 Å². The monoisotopic (exact) mass is 438 g/mol. The first-order valence-electron chi connectivity index (χ1n) is 10.7. The summed E-state index contributed by atoms with van der Waals surface area (Å²) in [5.41, 5.74) is 3.01. The van der Waals surface area contributed by atoms with Crippen LogP contribution >= 0.6 is 0 Å². The van der Waals surface area contributed by atoms with E-state index in [9.17, 15) is 14.4 Å². The summed E-state index contributed by atoms with van der Waals surface area (Å²) < 4.78 is 5.29. The average Bonchev–Trinajstić information content (AvgIpc) is 2.82. The van der Waals surface area contributed by atoms with Crippen molar-refractivity contribution in [1.29, 1.82) is 0 Å². The lowest BCUT2D eigenvalue weighted by molar-refractivity contribution is -0.128. The molecule has 1 aliphatic rings. The van der Waals surface area contributed by atoms with Crippen molar-refractivity contribution < 1.29 is 19.1 Å². The van der Waals surface area contributed by atoms with Crippen LogP contribution in [0.2, 0.25) is 0 Å². The molecule has 2 aromatic carbocycles. The van der Waals surface area contributed by atoms with Gasteiger partial charge in [0, 0.05) is 50.5 Å². The predicted molar refractivity (Wildman–Crippen MR) is 124 cm³/mol. The van der Waals surface area contributed by atoms with E-state index in [4.69, 9.17) is 4.74 Å². The van der Waals surface area contributed by atoms with Crippen LogP contribution in [-0.2, 0) is 20.7 Å². The molecule has 1 aliphatic heterocycles. The van der Waals surface area contributed by atoms with Gasteiger partial charge in [-0.1, -0.05) is 18.2 Å². The second-order valence-electron chi connectivity index (χ2n) is 7.87. The van der Waals surface area contributed by atoms with Gasteiger partial charge in [-0.2, -0.15) is 0 Å². The normalized spacial score (nSPS) is 13.4. The van der Waals surface area contributed by atoms with Crippen molar-refractivity contribution in [3.05, 3.63) is 59.7 Å². The van der Waals surface area contributed by atoms with Gasteiger partial charge in [0.15, 0.2) is 0 Å². The van der Waals surface area contributed by atoms with Gasteiger partial charge in [0.25, 0.3) is 5.91 Å². The zero-order chi connectivity index (χ0) is 22.9. The summed E-state index contributed by atoms with van der Waals surface area (Å²) in [4.78, 5) is 40.0. The lowest BCUT2D eigenvalue weighted by atomic mass is 10.1. The third-order valence-corrected chi connectivity index (χ3v) is 5.22. The minimum atomic E-state index is -0.207. The zero-order valence-corrected chi connectivity index (χ0v) is 18.6. The van der Waals surface area contributed by atoms with E-state index < -0.39 is 0 Å². The molecule has 0 unspecified atom stereocenters. The van der Waals surface area contributed by atoms with Gasteiger partial charge in [-0.25, -0.2) is 0 Å². The molecular formula is C24H30N4O4. The van der Waals surface area contributed by atoms with Crippen LogP contribution in [0, 0.1) is 0 Å². The molecule has 0 bridgehead atoms. The molecule has 0 aromatic heterocycles. The van der Waals surface area contributed by atoms with E-state index in [-0.39, 0.29) is 24.3 Å². The van der Waals surface area contributed by atoms with Gasteiger partial charge in [0.1, 0.15) is 0 Å². The van der Waals surface area contributed by atoms with Crippen LogP contribution in [0.25, 0.3) is 0 Å². The number of morpholine rings is 1. The van der Waals surface area contributed by atoms with Gasteiger partial charge in [0.2, 0.25) is 11.8 Å². The lowest BCUT2D eigenvalue weighted by Crippen LogP contribution is -2.40. The maximum absolute atomic E-state index is 12.6. The van der Waals surface area contributed by atoms with Crippen LogP contribution in [0.15, 0.2) is 48.5 Å². The quantitative estimate of drug-likeness (QED) is 0.660. The van der Waals surface area contributed by atoms with Crippen molar-refractivity contribution in [3.63, 3.8) is 0 Å². The molecule has 2 aromatic rings. The van der Waals surface area contributed by atoms with Crippen LogP contribution in [0.3, 0.4) is 0 Å². The first-order chi connectivity index (χ1) is 15.4. The SMILES string of the molecule is CN(C)C(=O)CCc1ccc(NCC(=O)Nc2cccc(C(=O)N3CCOCC3)c2)cc1. The summed E-state index contributed by atoms with van der Waals surface area (Å²) in [7, 11) is 3.50. The number of aryl methyl sites for hydroxylation is 1. The molecule has 1 saturated heterocycles. The third-order valence-electron chi connectivity index (χ3n) is 5.22. The van der Waals surface area contributed by atoms with E-state index in [0.717, 1.165) is 11.3 Å². The van der Waals surface area contributed by atoms with Crippen molar-refractivity contribution in [2.45, 2.75) is 12.8 Å². The molecule has 3 amide bonds. The van der Waals surface area contributed by atoms with Crippen molar-refractivity contribution in [1.82, 2.24) is 9.80 Å². The molecule has 0 saturated carbocycles. The van der Waals surface area contributed by atoms with E-state index in [1.54, 1.807) is 48.2 Å². The molecule has 3 rings (SSSR count). The highest BCUT2D eigenvalue weighted by Crippen LogP contribution is 2.15. The van der Waals surface area contributed by atoms with Gasteiger partial charge in [-0.05, 0) is 42.3 Å². The van der Waals surface area contributed by atoms with E-state index in [0.29, 0.717) is 50.4 Å². The van der Waals surface area contributed by atoms with Crippen molar-refractivity contribution in [2.75, 3.05) is 57.6 Å². The molecule has 8 nitrogen and oxygen atoms in total. The number of carbonyl (C=O) groups excluding carboxylic acids is 3. The third kappa shape index (κ3) is 6.81. The first-order valence-corrected chi connectivity index (χ1v) is 10.7. The molecule has 1 fully saturated rings. The molecule has 0 radical (unpaired) electrons. The molecule has 0 atom stereocenters. The number of hydrogen-bond donors (Lipinski definition) is 2. The second-order valence-corrected chi connectivity index (χ2v) is 7.87. The number of hydrogen-bond acceptors (Lipinski definition) is 5. The summed E-state index contributed by atoms with van der Waals surface area (Å²) in [5, 5.41) is 5.91. The van der Waals surface area contributed by atoms with E-state index >= 15 is 0 Å². The van der Waals surface area contributed by atoms with E-state index in [2.05, 4.69) is 10.6 Å². The highest BCUT2D eigenvalue weighted by Gasteiger charge is 2.18. The number of ether oxygens (including phenoxy) is 1. The van der Waals surface area contributed by atoms with Crippen LogP contribution in [0.1, 0.15) is 22.3 Å². The number of carbonyl (C=O) groups is 3. The Morgan fingerprint density at radius 1 is 1.00 bits per heavy atom. The fraction of sp³-hybridized carbons (Fsp3) is 0.375. The molecule has 0 aliphatic carbocycles. The topological polar surface area (TPSA) is 91.0 Å². The fourth-order valence-corrected chi connectivity index (χ4v) is 3.33. The Kier molecular flexibility index (Phi) is 8.21. The molecular weight excluding hydrogens is 408 g/mol. The van der Waals surface area contributed by atoms with Crippen LogP contribution < -0.4 is 10.6 Å². The molecule has 1 heterocycles. The predicted octanol–water partition coefficient (Wildman–Crippen LogP) is 2.23. The van der Waals surface area contributed by atoms with Gasteiger partial charge in [0.05, 0.1) is 19.8 Å². The first kappa shape index (κ1) is 23.3. The fourth-order valence-electron chi connectivity index (χ4n) is 3.33.